The van der Waals surface area contributed by atoms with E-state index in [9.17, 15) is 0 Å². The van der Waals surface area contributed by atoms with Crippen LogP contribution in [0.1, 0.15) is 46.0 Å². The van der Waals surface area contributed by atoms with Crippen LogP contribution in [-0.2, 0) is 0 Å². The zero-order valence-corrected chi connectivity index (χ0v) is 8.19. The summed E-state index contributed by atoms with van der Waals surface area (Å²) in [6.45, 7) is 4.80. The van der Waals surface area contributed by atoms with E-state index in [1.54, 1.807) is 11.1 Å². The zero-order chi connectivity index (χ0) is 8.60. The first kappa shape index (κ1) is 8.10. The SMILES string of the molecule is CC1(C)CCC2=C(CC=C2)CC1. The van der Waals surface area contributed by atoms with Gasteiger partial charge in [0.25, 0.3) is 0 Å². The Bertz CT molecular complexity index is 241. The van der Waals surface area contributed by atoms with Crippen molar-refractivity contribution in [2.75, 3.05) is 0 Å². The molecule has 0 spiro atoms. The van der Waals surface area contributed by atoms with Crippen LogP contribution < -0.4 is 0 Å². The van der Waals surface area contributed by atoms with Gasteiger partial charge >= 0.3 is 0 Å². The van der Waals surface area contributed by atoms with Crippen LogP contribution in [0.3, 0.4) is 0 Å². The van der Waals surface area contributed by atoms with E-state index in [-0.39, 0.29) is 0 Å². The molecule has 0 saturated heterocycles. The van der Waals surface area contributed by atoms with Crippen LogP contribution in [0.25, 0.3) is 0 Å². The third kappa shape index (κ3) is 1.48. The Balaban J connectivity index is 2.12. The van der Waals surface area contributed by atoms with Crippen molar-refractivity contribution in [2.45, 2.75) is 46.0 Å². The summed E-state index contributed by atoms with van der Waals surface area (Å²) in [5, 5.41) is 0. The second kappa shape index (κ2) is 2.76. The maximum atomic E-state index is 2.40. The average Bonchev–Trinajstić information content (AvgIpc) is 2.40. The van der Waals surface area contributed by atoms with Gasteiger partial charge in [-0.05, 0) is 43.1 Å². The topological polar surface area (TPSA) is 0 Å². The lowest BCUT2D eigenvalue weighted by atomic mass is 9.84. The molecule has 0 atom stereocenters. The third-order valence-electron chi connectivity index (χ3n) is 3.31. The number of allylic oxidation sites excluding steroid dienone is 4. The van der Waals surface area contributed by atoms with E-state index in [1.165, 1.54) is 32.1 Å². The van der Waals surface area contributed by atoms with Crippen molar-refractivity contribution in [3.63, 3.8) is 0 Å². The van der Waals surface area contributed by atoms with Crippen LogP contribution >= 0.6 is 0 Å². The summed E-state index contributed by atoms with van der Waals surface area (Å²) >= 11 is 0. The van der Waals surface area contributed by atoms with E-state index >= 15 is 0 Å². The molecule has 0 fully saturated rings. The van der Waals surface area contributed by atoms with Crippen molar-refractivity contribution >= 4 is 0 Å². The third-order valence-corrected chi connectivity index (χ3v) is 3.31. The fraction of sp³-hybridized carbons (Fsp3) is 0.667. The summed E-state index contributed by atoms with van der Waals surface area (Å²) in [7, 11) is 0. The maximum Gasteiger partial charge on any atom is -0.0130 e. The molecule has 0 aliphatic heterocycles. The highest BCUT2D eigenvalue weighted by atomic mass is 14.3. The van der Waals surface area contributed by atoms with Crippen LogP contribution in [0.5, 0.6) is 0 Å². The molecule has 0 saturated carbocycles. The smallest absolute Gasteiger partial charge is 0.0130 e. The molecular weight excluding hydrogens is 144 g/mol. The largest absolute Gasteiger partial charge is 0.0802 e. The normalized spacial score (nSPS) is 27.2. The minimum absolute atomic E-state index is 0.582. The van der Waals surface area contributed by atoms with Crippen LogP contribution in [-0.4, -0.2) is 0 Å². The van der Waals surface area contributed by atoms with Gasteiger partial charge in [-0.25, -0.2) is 0 Å². The van der Waals surface area contributed by atoms with Crippen molar-refractivity contribution in [1.82, 2.24) is 0 Å². The molecule has 0 heteroatoms. The molecule has 66 valence electrons. The fourth-order valence-corrected chi connectivity index (χ4v) is 2.20. The highest BCUT2D eigenvalue weighted by molar-refractivity contribution is 5.34. The molecule has 0 N–H and O–H groups in total. The van der Waals surface area contributed by atoms with Gasteiger partial charge in [0.05, 0.1) is 0 Å². The molecule has 2 aliphatic rings. The molecule has 2 aliphatic carbocycles. The Labute approximate surface area is 75.4 Å². The second-order valence-corrected chi connectivity index (χ2v) is 4.90. The molecule has 12 heavy (non-hydrogen) atoms. The first-order chi connectivity index (χ1) is 5.67. The number of rotatable bonds is 0. The van der Waals surface area contributed by atoms with E-state index < -0.39 is 0 Å². The van der Waals surface area contributed by atoms with E-state index in [0.29, 0.717) is 5.41 Å². The lowest BCUT2D eigenvalue weighted by Gasteiger charge is -2.22. The predicted molar refractivity (Wildman–Crippen MR) is 53.0 cm³/mol. The van der Waals surface area contributed by atoms with Gasteiger partial charge in [-0.15, -0.1) is 0 Å². The first-order valence-electron chi connectivity index (χ1n) is 5.05. The molecule has 0 heterocycles. The lowest BCUT2D eigenvalue weighted by Crippen LogP contribution is -2.09. The molecule has 0 radical (unpaired) electrons. The Morgan fingerprint density at radius 3 is 2.75 bits per heavy atom. The minimum Gasteiger partial charge on any atom is -0.0802 e. The Morgan fingerprint density at radius 1 is 1.17 bits per heavy atom. The van der Waals surface area contributed by atoms with E-state index in [2.05, 4.69) is 26.0 Å². The van der Waals surface area contributed by atoms with Crippen molar-refractivity contribution in [3.8, 4) is 0 Å². The lowest BCUT2D eigenvalue weighted by molar-refractivity contribution is 0.316. The Hall–Kier alpha value is -0.520. The molecule has 0 bridgehead atoms. The predicted octanol–water partition coefficient (Wildman–Crippen LogP) is 3.84. The summed E-state index contributed by atoms with van der Waals surface area (Å²) in [5.74, 6) is 0. The zero-order valence-electron chi connectivity index (χ0n) is 8.19. The maximum absolute atomic E-state index is 2.40. The van der Waals surface area contributed by atoms with Gasteiger partial charge in [0.15, 0.2) is 0 Å². The van der Waals surface area contributed by atoms with E-state index in [1.807, 2.05) is 0 Å². The highest BCUT2D eigenvalue weighted by Crippen LogP contribution is 2.39. The van der Waals surface area contributed by atoms with Crippen LogP contribution in [0.2, 0.25) is 0 Å². The van der Waals surface area contributed by atoms with Crippen molar-refractivity contribution < 1.29 is 0 Å². The molecule has 0 unspecified atom stereocenters. The molecule has 0 aromatic heterocycles. The quantitative estimate of drug-likeness (QED) is 0.507. The van der Waals surface area contributed by atoms with Crippen LogP contribution in [0, 0.1) is 5.41 Å². The van der Waals surface area contributed by atoms with Gasteiger partial charge in [-0.2, -0.15) is 0 Å². The summed E-state index contributed by atoms with van der Waals surface area (Å²) in [6.07, 6.45) is 11.3. The Kier molecular flexibility index (Phi) is 1.86. The van der Waals surface area contributed by atoms with Gasteiger partial charge in [0.1, 0.15) is 0 Å². The molecule has 0 nitrogen and oxygen atoms in total. The van der Waals surface area contributed by atoms with Gasteiger partial charge < -0.3 is 0 Å². The molecule has 0 aromatic carbocycles. The monoisotopic (exact) mass is 162 g/mol. The Morgan fingerprint density at radius 2 is 1.92 bits per heavy atom. The summed E-state index contributed by atoms with van der Waals surface area (Å²) in [6, 6.07) is 0. The average molecular weight is 162 g/mol. The van der Waals surface area contributed by atoms with Crippen molar-refractivity contribution in [1.29, 1.82) is 0 Å². The summed E-state index contributed by atoms with van der Waals surface area (Å²) < 4.78 is 0. The van der Waals surface area contributed by atoms with Crippen LogP contribution in [0.15, 0.2) is 23.3 Å². The second-order valence-electron chi connectivity index (χ2n) is 4.90. The molecular formula is C12H18. The van der Waals surface area contributed by atoms with E-state index in [0.717, 1.165) is 0 Å². The minimum atomic E-state index is 0.582. The van der Waals surface area contributed by atoms with Gasteiger partial charge in [-0.1, -0.05) is 31.6 Å². The van der Waals surface area contributed by atoms with Gasteiger partial charge in [0, 0.05) is 0 Å². The van der Waals surface area contributed by atoms with Gasteiger partial charge in [-0.3, -0.25) is 0 Å². The highest BCUT2D eigenvalue weighted by Gasteiger charge is 2.23. The molecule has 2 rings (SSSR count). The van der Waals surface area contributed by atoms with Crippen LogP contribution in [0.4, 0.5) is 0 Å². The van der Waals surface area contributed by atoms with Crippen molar-refractivity contribution in [3.05, 3.63) is 23.3 Å². The first-order valence-corrected chi connectivity index (χ1v) is 5.05. The standard InChI is InChI=1S/C12H18/c1-12(2)8-6-10-4-3-5-11(10)7-9-12/h3-4H,5-9H2,1-2H3. The summed E-state index contributed by atoms with van der Waals surface area (Å²) in [4.78, 5) is 0. The molecule has 0 amide bonds. The molecule has 0 aromatic rings. The van der Waals surface area contributed by atoms with Crippen molar-refractivity contribution in [2.24, 2.45) is 5.41 Å². The fourth-order valence-electron chi connectivity index (χ4n) is 2.20. The van der Waals surface area contributed by atoms with Gasteiger partial charge in [0.2, 0.25) is 0 Å². The summed E-state index contributed by atoms with van der Waals surface area (Å²) in [5.41, 5.74) is 3.96. The van der Waals surface area contributed by atoms with E-state index in [4.69, 9.17) is 0 Å². The number of hydrogen-bond acceptors (Lipinski definition) is 0. The number of hydrogen-bond donors (Lipinski definition) is 0.